The van der Waals surface area contributed by atoms with Crippen LogP contribution in [0.15, 0.2) is 91.0 Å². The summed E-state index contributed by atoms with van der Waals surface area (Å²) in [7, 11) is 0. The second-order valence-corrected chi connectivity index (χ2v) is 15.7. The Kier molecular flexibility index (Phi) is 28.8. The number of carbonyl (C=O) groups is 2. The number of hydrogen-bond donors (Lipinski definition) is 3. The molecule has 3 rings (SSSR count). The molecule has 6 nitrogen and oxygen atoms in total. The first kappa shape index (κ1) is 51.5. The van der Waals surface area contributed by atoms with Crippen molar-refractivity contribution >= 4 is 11.8 Å². The lowest BCUT2D eigenvalue weighted by Gasteiger charge is -2.33. The fraction of sp³-hybridized carbons (Fsp3) is 0.592. The van der Waals surface area contributed by atoms with Gasteiger partial charge in [-0.25, -0.2) is 0 Å². The smallest absolute Gasteiger partial charge is 0.225 e. The van der Waals surface area contributed by atoms with E-state index >= 15 is 0 Å². The molecule has 8 unspecified atom stereocenters. The van der Waals surface area contributed by atoms with Crippen LogP contribution in [0.25, 0.3) is 0 Å². The number of amides is 2. The lowest BCUT2D eigenvalue weighted by molar-refractivity contribution is -0.138. The molecular weight excluding hydrogens is 677 g/mol. The van der Waals surface area contributed by atoms with Gasteiger partial charge in [0.15, 0.2) is 0 Å². The number of hydrogen-bond acceptors (Lipinski definition) is 4. The molecule has 3 aromatic rings. The molecule has 0 fully saturated rings. The average molecular weight is 759 g/mol. The van der Waals surface area contributed by atoms with Crippen LogP contribution < -0.4 is 16.4 Å². The SMILES string of the molecule is CC(N)c1ccccc1.CCC(C)CN(C(=O)C(C)CC)C(C)c1ccccc1.CCC(C)CNC(=O)C(C)CC.CCC(C)CNC(C)c1ccccc1. The van der Waals surface area contributed by atoms with Gasteiger partial charge in [0.25, 0.3) is 0 Å². The van der Waals surface area contributed by atoms with Gasteiger partial charge in [-0.15, -0.1) is 0 Å². The molecule has 3 aromatic carbocycles. The van der Waals surface area contributed by atoms with Crippen LogP contribution in [-0.2, 0) is 9.59 Å². The van der Waals surface area contributed by atoms with Crippen LogP contribution in [0.4, 0.5) is 0 Å². The minimum absolute atomic E-state index is 0.102. The fourth-order valence-electron chi connectivity index (χ4n) is 5.19. The molecule has 0 spiro atoms. The normalized spacial score (nSPS) is 14.9. The number of benzene rings is 3. The maximum absolute atomic E-state index is 12.7. The number of nitrogens with zero attached hydrogens (tertiary/aromatic N) is 1. The minimum Gasteiger partial charge on any atom is -0.356 e. The van der Waals surface area contributed by atoms with Gasteiger partial charge in [0.2, 0.25) is 11.8 Å². The summed E-state index contributed by atoms with van der Waals surface area (Å²) >= 11 is 0. The molecule has 0 aromatic heterocycles. The third kappa shape index (κ3) is 22.6. The quantitative estimate of drug-likeness (QED) is 0.121. The summed E-state index contributed by atoms with van der Waals surface area (Å²) in [6, 6.07) is 31.7. The molecule has 6 heteroatoms. The summed E-state index contributed by atoms with van der Waals surface area (Å²) in [5.41, 5.74) is 9.39. The van der Waals surface area contributed by atoms with Crippen molar-refractivity contribution in [3.05, 3.63) is 108 Å². The summed E-state index contributed by atoms with van der Waals surface area (Å²) in [6.07, 6.45) is 5.30. The van der Waals surface area contributed by atoms with Gasteiger partial charge in [-0.2, -0.15) is 0 Å². The Morgan fingerprint density at radius 2 is 0.964 bits per heavy atom. The number of nitrogens with one attached hydrogen (secondary N) is 2. The molecule has 310 valence electrons. The lowest BCUT2D eigenvalue weighted by atomic mass is 10.00. The van der Waals surface area contributed by atoms with Crippen LogP contribution in [0.3, 0.4) is 0 Å². The van der Waals surface area contributed by atoms with E-state index in [4.69, 9.17) is 5.73 Å². The van der Waals surface area contributed by atoms with E-state index in [0.29, 0.717) is 17.9 Å². The zero-order chi connectivity index (χ0) is 41.8. The predicted octanol–water partition coefficient (Wildman–Crippen LogP) is 12.0. The van der Waals surface area contributed by atoms with E-state index in [-0.39, 0.29) is 35.7 Å². The second kappa shape index (κ2) is 30.7. The highest BCUT2D eigenvalue weighted by Gasteiger charge is 2.26. The van der Waals surface area contributed by atoms with Gasteiger partial charge < -0.3 is 21.3 Å². The van der Waals surface area contributed by atoms with Crippen molar-refractivity contribution < 1.29 is 9.59 Å². The predicted molar refractivity (Wildman–Crippen MR) is 239 cm³/mol. The van der Waals surface area contributed by atoms with Gasteiger partial charge in [0.05, 0.1) is 6.04 Å². The van der Waals surface area contributed by atoms with Crippen molar-refractivity contribution in [3.8, 4) is 0 Å². The van der Waals surface area contributed by atoms with E-state index in [1.165, 1.54) is 23.1 Å². The van der Waals surface area contributed by atoms with Crippen LogP contribution in [0.5, 0.6) is 0 Å². The van der Waals surface area contributed by atoms with E-state index in [9.17, 15) is 9.59 Å². The molecule has 2 amide bonds. The molecule has 0 radical (unpaired) electrons. The van der Waals surface area contributed by atoms with E-state index in [2.05, 4.69) is 120 Å². The monoisotopic (exact) mass is 759 g/mol. The minimum atomic E-state index is 0.102. The first-order valence-electron chi connectivity index (χ1n) is 21.4. The molecule has 0 saturated heterocycles. The highest BCUT2D eigenvalue weighted by molar-refractivity contribution is 5.79. The molecule has 0 saturated carbocycles. The van der Waals surface area contributed by atoms with Crippen LogP contribution in [0, 0.1) is 29.6 Å². The Morgan fingerprint density at radius 3 is 1.36 bits per heavy atom. The first-order valence-corrected chi connectivity index (χ1v) is 21.4. The van der Waals surface area contributed by atoms with Gasteiger partial charge in [-0.1, -0.05) is 179 Å². The molecule has 0 aliphatic carbocycles. The highest BCUT2D eigenvalue weighted by atomic mass is 16.2. The number of carbonyl (C=O) groups excluding carboxylic acids is 2. The van der Waals surface area contributed by atoms with Crippen molar-refractivity contribution in [1.82, 2.24) is 15.5 Å². The van der Waals surface area contributed by atoms with Crippen molar-refractivity contribution in [2.75, 3.05) is 19.6 Å². The lowest BCUT2D eigenvalue weighted by Crippen LogP contribution is -2.39. The van der Waals surface area contributed by atoms with E-state index in [0.717, 1.165) is 51.2 Å². The molecule has 4 N–H and O–H groups in total. The standard InChI is InChI=1S/C18H29NO.C13H21N.C10H21NO.C8H11N/c1-6-14(3)13-19(18(20)15(4)7-2)16(5)17-11-9-8-10-12-17;1-4-11(2)10-14-12(3)13-8-6-5-7-9-13;1-5-8(3)7-11-10(12)9(4)6-2;1-7(9)8-5-3-2-4-6-8/h8-12,14-16H,6-7,13H2,1-5H3;5-9,11-12,14H,4,10H2,1-3H3;8-9H,5-7H2,1-4H3,(H,11,12);2-7H,9H2,1H3. The zero-order valence-electron chi connectivity index (χ0n) is 37.3. The number of rotatable bonds is 18. The fourth-order valence-corrected chi connectivity index (χ4v) is 5.19. The molecule has 55 heavy (non-hydrogen) atoms. The van der Waals surface area contributed by atoms with Crippen LogP contribution >= 0.6 is 0 Å². The van der Waals surface area contributed by atoms with Crippen molar-refractivity contribution in [1.29, 1.82) is 0 Å². The average Bonchev–Trinajstić information content (AvgIpc) is 3.23. The summed E-state index contributed by atoms with van der Waals surface area (Å²) in [6.45, 7) is 30.4. The van der Waals surface area contributed by atoms with Crippen molar-refractivity contribution in [2.45, 2.75) is 140 Å². The molecule has 8 atom stereocenters. The van der Waals surface area contributed by atoms with Crippen LogP contribution in [-0.4, -0.2) is 36.3 Å². The van der Waals surface area contributed by atoms with Gasteiger partial charge >= 0.3 is 0 Å². The Labute approximate surface area is 338 Å². The van der Waals surface area contributed by atoms with Gasteiger partial charge in [-0.05, 0) is 74.6 Å². The van der Waals surface area contributed by atoms with Gasteiger partial charge in [-0.3, -0.25) is 9.59 Å². The third-order valence-corrected chi connectivity index (χ3v) is 10.7. The van der Waals surface area contributed by atoms with Crippen LogP contribution in [0.2, 0.25) is 0 Å². The Hall–Kier alpha value is -3.48. The largest absolute Gasteiger partial charge is 0.356 e. The van der Waals surface area contributed by atoms with Gasteiger partial charge in [0, 0.05) is 37.0 Å². The van der Waals surface area contributed by atoms with E-state index < -0.39 is 0 Å². The Balaban J connectivity index is 0.000000737. The topological polar surface area (TPSA) is 87.5 Å². The molecule has 0 heterocycles. The van der Waals surface area contributed by atoms with E-state index in [1.807, 2.05) is 76.2 Å². The summed E-state index contributed by atoms with van der Waals surface area (Å²) in [5.74, 6) is 2.63. The zero-order valence-corrected chi connectivity index (χ0v) is 37.3. The maximum atomic E-state index is 12.7. The second-order valence-electron chi connectivity index (χ2n) is 15.7. The van der Waals surface area contributed by atoms with Crippen molar-refractivity contribution in [3.63, 3.8) is 0 Å². The summed E-state index contributed by atoms with van der Waals surface area (Å²) in [4.78, 5) is 26.0. The van der Waals surface area contributed by atoms with Crippen LogP contribution in [0.1, 0.15) is 157 Å². The maximum Gasteiger partial charge on any atom is 0.225 e. The molecule has 0 aliphatic rings. The van der Waals surface area contributed by atoms with E-state index in [1.54, 1.807) is 0 Å². The first-order chi connectivity index (χ1) is 26.2. The number of nitrogens with two attached hydrogens (primary N) is 1. The Morgan fingerprint density at radius 1 is 0.545 bits per heavy atom. The van der Waals surface area contributed by atoms with Gasteiger partial charge in [0.1, 0.15) is 0 Å². The molecule has 0 aliphatic heterocycles. The summed E-state index contributed by atoms with van der Waals surface area (Å²) in [5, 5.41) is 6.49. The summed E-state index contributed by atoms with van der Waals surface area (Å²) < 4.78 is 0. The van der Waals surface area contributed by atoms with Crippen molar-refractivity contribution in [2.24, 2.45) is 35.3 Å². The Bertz CT molecular complexity index is 1350. The molecular formula is C49H82N4O2. The third-order valence-electron chi connectivity index (χ3n) is 10.7. The molecule has 0 bridgehead atoms. The highest BCUT2D eigenvalue weighted by Crippen LogP contribution is 2.24.